The van der Waals surface area contributed by atoms with Crippen LogP contribution in [0.15, 0.2) is 113 Å². The Balaban J connectivity index is 1.39. The average Bonchev–Trinajstić information content (AvgIpc) is 3.58. The summed E-state index contributed by atoms with van der Waals surface area (Å²) in [6.07, 6.45) is 5.11. The Morgan fingerprint density at radius 3 is 2.40 bits per heavy atom. The Morgan fingerprint density at radius 1 is 0.886 bits per heavy atom. The van der Waals surface area contributed by atoms with Gasteiger partial charge >= 0.3 is 0 Å². The number of hydrogen-bond acceptors (Lipinski definition) is 6. The van der Waals surface area contributed by atoms with Crippen molar-refractivity contribution < 1.29 is 9.21 Å². The maximum atomic E-state index is 13.4. The molecule has 35 heavy (non-hydrogen) atoms. The lowest BCUT2D eigenvalue weighted by Crippen LogP contribution is -2.31. The van der Waals surface area contributed by atoms with Crippen LogP contribution in [0.5, 0.6) is 0 Å². The highest BCUT2D eigenvalue weighted by Gasteiger charge is 2.20. The molecular weight excluding hydrogens is 458 g/mol. The maximum absolute atomic E-state index is 13.4. The van der Waals surface area contributed by atoms with Crippen LogP contribution in [0.3, 0.4) is 0 Å². The molecule has 0 aliphatic carbocycles. The fourth-order valence-corrected chi connectivity index (χ4v) is 4.55. The molecule has 0 radical (unpaired) electrons. The fourth-order valence-electron chi connectivity index (χ4n) is 3.70. The molecule has 3 aromatic heterocycles. The van der Waals surface area contributed by atoms with Gasteiger partial charge < -0.3 is 9.32 Å². The van der Waals surface area contributed by atoms with Crippen LogP contribution in [-0.4, -0.2) is 36.3 Å². The number of amides is 1. The minimum absolute atomic E-state index is 0.0286. The summed E-state index contributed by atoms with van der Waals surface area (Å²) in [5, 5.41) is 9.55. The van der Waals surface area contributed by atoms with E-state index in [1.54, 1.807) is 23.6 Å². The Bertz CT molecular complexity index is 1360. The van der Waals surface area contributed by atoms with Gasteiger partial charge in [0.15, 0.2) is 11.0 Å². The van der Waals surface area contributed by atoms with Gasteiger partial charge in [0, 0.05) is 30.2 Å². The number of nitrogens with zero attached hydrogens (tertiary/aromatic N) is 5. The normalized spacial score (nSPS) is 10.9. The van der Waals surface area contributed by atoms with Gasteiger partial charge in [0.05, 0.1) is 18.6 Å². The van der Waals surface area contributed by atoms with Crippen molar-refractivity contribution in [3.63, 3.8) is 0 Å². The molecule has 8 heteroatoms. The second kappa shape index (κ2) is 10.8. The second-order valence-corrected chi connectivity index (χ2v) is 8.76. The topological polar surface area (TPSA) is 77.1 Å². The van der Waals surface area contributed by atoms with Gasteiger partial charge in [0.1, 0.15) is 5.76 Å². The lowest BCUT2D eigenvalue weighted by Gasteiger charge is -2.21. The van der Waals surface area contributed by atoms with Crippen LogP contribution in [0.25, 0.3) is 17.1 Å². The van der Waals surface area contributed by atoms with Crippen molar-refractivity contribution in [3.8, 4) is 17.1 Å². The first-order chi connectivity index (χ1) is 17.3. The first-order valence-corrected chi connectivity index (χ1v) is 12.1. The van der Waals surface area contributed by atoms with Crippen LogP contribution in [0.2, 0.25) is 0 Å². The second-order valence-electron chi connectivity index (χ2n) is 7.82. The lowest BCUT2D eigenvalue weighted by molar-refractivity contribution is -0.129. The Hall–Kier alpha value is -4.17. The summed E-state index contributed by atoms with van der Waals surface area (Å²) in [5.74, 6) is 1.64. The van der Waals surface area contributed by atoms with E-state index in [1.807, 2.05) is 89.5 Å². The zero-order valence-corrected chi connectivity index (χ0v) is 19.7. The Kier molecular flexibility index (Phi) is 7.00. The van der Waals surface area contributed by atoms with E-state index in [9.17, 15) is 4.79 Å². The first kappa shape index (κ1) is 22.6. The van der Waals surface area contributed by atoms with E-state index in [0.29, 0.717) is 18.2 Å². The predicted molar refractivity (Wildman–Crippen MR) is 135 cm³/mol. The number of rotatable bonds is 9. The van der Waals surface area contributed by atoms with Crippen molar-refractivity contribution in [3.05, 3.63) is 115 Å². The molecule has 174 valence electrons. The molecule has 3 heterocycles. The Morgan fingerprint density at radius 2 is 1.69 bits per heavy atom. The van der Waals surface area contributed by atoms with E-state index in [0.717, 1.165) is 28.4 Å². The third-order valence-electron chi connectivity index (χ3n) is 5.38. The third kappa shape index (κ3) is 5.50. The third-order valence-corrected chi connectivity index (χ3v) is 6.29. The van der Waals surface area contributed by atoms with E-state index in [1.165, 1.54) is 11.8 Å². The van der Waals surface area contributed by atoms with Gasteiger partial charge in [-0.2, -0.15) is 0 Å². The van der Waals surface area contributed by atoms with E-state index >= 15 is 0 Å². The molecule has 0 saturated heterocycles. The van der Waals surface area contributed by atoms with Crippen molar-refractivity contribution in [1.82, 2.24) is 24.6 Å². The number of para-hydroxylation sites is 1. The zero-order valence-electron chi connectivity index (χ0n) is 18.9. The van der Waals surface area contributed by atoms with Gasteiger partial charge in [-0.25, -0.2) is 0 Å². The van der Waals surface area contributed by atoms with E-state index in [2.05, 4.69) is 15.2 Å². The van der Waals surface area contributed by atoms with Crippen LogP contribution >= 0.6 is 11.8 Å². The molecule has 7 nitrogen and oxygen atoms in total. The highest BCUT2D eigenvalue weighted by Crippen LogP contribution is 2.28. The smallest absolute Gasteiger partial charge is 0.233 e. The van der Waals surface area contributed by atoms with Gasteiger partial charge in [0.25, 0.3) is 0 Å². The molecule has 0 spiro atoms. The quantitative estimate of drug-likeness (QED) is 0.268. The van der Waals surface area contributed by atoms with Gasteiger partial charge in [-0.05, 0) is 35.9 Å². The number of carbonyl (C=O) groups excluding carboxylic acids is 1. The molecule has 1 amide bonds. The molecule has 0 N–H and O–H groups in total. The molecule has 0 unspecified atom stereocenters. The number of carbonyl (C=O) groups is 1. The summed E-state index contributed by atoms with van der Waals surface area (Å²) in [5.41, 5.74) is 2.85. The number of pyridine rings is 1. The number of hydrogen-bond donors (Lipinski definition) is 0. The molecule has 0 aliphatic heterocycles. The van der Waals surface area contributed by atoms with Crippen molar-refractivity contribution >= 4 is 17.7 Å². The summed E-state index contributed by atoms with van der Waals surface area (Å²) in [6, 6.07) is 27.4. The molecule has 5 rings (SSSR count). The van der Waals surface area contributed by atoms with E-state index < -0.39 is 0 Å². The highest BCUT2D eigenvalue weighted by molar-refractivity contribution is 7.99. The molecule has 2 aromatic carbocycles. The number of thioether (sulfide) groups is 1. The minimum Gasteiger partial charge on any atom is -0.467 e. The van der Waals surface area contributed by atoms with Crippen LogP contribution in [0.4, 0.5) is 0 Å². The summed E-state index contributed by atoms with van der Waals surface area (Å²) >= 11 is 1.37. The standard InChI is InChI=1S/C27H23N5O2S/c33-25(31(19-24-14-8-16-34-24)18-21-9-7-15-28-17-21)20-35-27-30-29-26(22-10-3-1-4-11-22)32(27)23-12-5-2-6-13-23/h1-17H,18-20H2. The van der Waals surface area contributed by atoms with Crippen molar-refractivity contribution in [2.45, 2.75) is 18.2 Å². The van der Waals surface area contributed by atoms with Gasteiger partial charge in [-0.1, -0.05) is 66.4 Å². The molecular formula is C27H23N5O2S. The monoisotopic (exact) mass is 481 g/mol. The average molecular weight is 482 g/mol. The van der Waals surface area contributed by atoms with Crippen molar-refractivity contribution in [2.24, 2.45) is 0 Å². The highest BCUT2D eigenvalue weighted by atomic mass is 32.2. The number of furan rings is 1. The SMILES string of the molecule is O=C(CSc1nnc(-c2ccccc2)n1-c1ccccc1)N(Cc1cccnc1)Cc1ccco1. The molecule has 0 fully saturated rings. The maximum Gasteiger partial charge on any atom is 0.233 e. The number of benzene rings is 2. The summed E-state index contributed by atoms with van der Waals surface area (Å²) in [4.78, 5) is 19.3. The van der Waals surface area contributed by atoms with Crippen LogP contribution in [0, 0.1) is 0 Å². The molecule has 0 aliphatic rings. The summed E-state index contributed by atoms with van der Waals surface area (Å²) < 4.78 is 7.49. The van der Waals surface area contributed by atoms with Crippen molar-refractivity contribution in [1.29, 1.82) is 0 Å². The lowest BCUT2D eigenvalue weighted by atomic mass is 10.2. The summed E-state index contributed by atoms with van der Waals surface area (Å²) in [6.45, 7) is 0.816. The summed E-state index contributed by atoms with van der Waals surface area (Å²) in [7, 11) is 0. The molecule has 0 saturated carbocycles. The largest absolute Gasteiger partial charge is 0.467 e. The minimum atomic E-state index is -0.0286. The predicted octanol–water partition coefficient (Wildman–Crippen LogP) is 5.24. The number of aromatic nitrogens is 4. The Labute approximate surface area is 207 Å². The molecule has 0 bridgehead atoms. The van der Waals surface area contributed by atoms with E-state index in [-0.39, 0.29) is 11.7 Å². The van der Waals surface area contributed by atoms with Gasteiger partial charge in [0.2, 0.25) is 5.91 Å². The fraction of sp³-hybridized carbons (Fsp3) is 0.111. The first-order valence-electron chi connectivity index (χ1n) is 11.2. The molecule has 5 aromatic rings. The van der Waals surface area contributed by atoms with Crippen molar-refractivity contribution in [2.75, 3.05) is 5.75 Å². The van der Waals surface area contributed by atoms with Crippen LogP contribution < -0.4 is 0 Å². The van der Waals surface area contributed by atoms with Gasteiger partial charge in [-0.15, -0.1) is 10.2 Å². The van der Waals surface area contributed by atoms with E-state index in [4.69, 9.17) is 4.42 Å². The van der Waals surface area contributed by atoms with Crippen LogP contribution in [-0.2, 0) is 17.9 Å². The zero-order chi connectivity index (χ0) is 23.9. The van der Waals surface area contributed by atoms with Crippen LogP contribution in [0.1, 0.15) is 11.3 Å². The van der Waals surface area contributed by atoms with Gasteiger partial charge in [-0.3, -0.25) is 14.3 Å². The molecule has 0 atom stereocenters.